The second-order valence-electron chi connectivity index (χ2n) is 9.37. The molecule has 0 bridgehead atoms. The smallest absolute Gasteiger partial charge is 0.303 e. The van der Waals surface area contributed by atoms with Gasteiger partial charge in [0.1, 0.15) is 5.75 Å². The zero-order valence-electron chi connectivity index (χ0n) is 18.1. The average Bonchev–Trinajstić information content (AvgIpc) is 2.57. The van der Waals surface area contributed by atoms with Crippen LogP contribution in [0.25, 0.3) is 6.08 Å². The third kappa shape index (κ3) is 5.89. The Kier molecular flexibility index (Phi) is 6.89. The predicted molar refractivity (Wildman–Crippen MR) is 119 cm³/mol. The van der Waals surface area contributed by atoms with E-state index in [0.717, 1.165) is 16.7 Å². The number of amides is 1. The lowest BCUT2D eigenvalue weighted by Crippen LogP contribution is -2.29. The number of hydrogen-bond donors (Lipinski definition) is 2. The number of carbonyl (C=O) groups excluding carboxylic acids is 1. The van der Waals surface area contributed by atoms with Gasteiger partial charge < -0.3 is 15.1 Å². The zero-order valence-corrected chi connectivity index (χ0v) is 18.9. The maximum atomic E-state index is 12.8. The van der Waals surface area contributed by atoms with Gasteiger partial charge in [0.2, 0.25) is 0 Å². The number of phenolic OH excluding ortho intramolecular Hbond substituents is 1. The molecule has 2 N–H and O–H groups in total. The van der Waals surface area contributed by atoms with Gasteiger partial charge >= 0.3 is 5.97 Å². The molecule has 2 rings (SSSR count). The van der Waals surface area contributed by atoms with Crippen LogP contribution < -0.4 is 0 Å². The van der Waals surface area contributed by atoms with Crippen LogP contribution in [0.1, 0.15) is 71.1 Å². The van der Waals surface area contributed by atoms with Gasteiger partial charge in [-0.2, -0.15) is 0 Å². The number of carboxylic acid groups (broad SMARTS) is 1. The fraction of sp³-hybridized carbons (Fsp3) is 0.478. The van der Waals surface area contributed by atoms with E-state index in [0.29, 0.717) is 23.6 Å². The fourth-order valence-electron chi connectivity index (χ4n) is 3.14. The van der Waals surface area contributed by atoms with Gasteiger partial charge in [-0.05, 0) is 46.4 Å². The van der Waals surface area contributed by atoms with E-state index in [9.17, 15) is 14.7 Å². The van der Waals surface area contributed by atoms with E-state index in [1.54, 1.807) is 11.1 Å². The van der Waals surface area contributed by atoms with Crippen molar-refractivity contribution in [2.24, 2.45) is 0 Å². The van der Waals surface area contributed by atoms with Gasteiger partial charge in [0.25, 0.3) is 5.91 Å². The van der Waals surface area contributed by atoms with Gasteiger partial charge in [-0.25, -0.2) is 0 Å². The molecule has 158 valence electrons. The van der Waals surface area contributed by atoms with E-state index < -0.39 is 5.97 Å². The summed E-state index contributed by atoms with van der Waals surface area (Å²) in [7, 11) is 0. The Morgan fingerprint density at radius 1 is 1.10 bits per heavy atom. The van der Waals surface area contributed by atoms with Crippen molar-refractivity contribution in [3.63, 3.8) is 0 Å². The minimum atomic E-state index is -0.864. The van der Waals surface area contributed by atoms with Gasteiger partial charge in [0.15, 0.2) is 0 Å². The number of benzene rings is 1. The molecule has 0 saturated carbocycles. The lowest BCUT2D eigenvalue weighted by Gasteiger charge is -2.28. The monoisotopic (exact) mass is 417 g/mol. The van der Waals surface area contributed by atoms with Crippen molar-refractivity contribution in [3.8, 4) is 5.75 Å². The molecule has 0 aliphatic carbocycles. The van der Waals surface area contributed by atoms with Crippen molar-refractivity contribution < 1.29 is 19.8 Å². The number of rotatable bonds is 5. The van der Waals surface area contributed by atoms with Crippen molar-refractivity contribution >= 4 is 29.7 Å². The van der Waals surface area contributed by atoms with Crippen molar-refractivity contribution in [1.82, 2.24) is 4.90 Å². The van der Waals surface area contributed by atoms with Crippen molar-refractivity contribution in [1.29, 1.82) is 0 Å². The van der Waals surface area contributed by atoms with Crippen molar-refractivity contribution in [2.75, 3.05) is 6.54 Å². The summed E-state index contributed by atoms with van der Waals surface area (Å²) >= 11 is 1.35. The second-order valence-corrected chi connectivity index (χ2v) is 10.3. The van der Waals surface area contributed by atoms with Crippen LogP contribution in [0.5, 0.6) is 5.75 Å². The first-order valence-electron chi connectivity index (χ1n) is 9.76. The molecule has 29 heavy (non-hydrogen) atoms. The lowest BCUT2D eigenvalue weighted by atomic mass is 9.78. The maximum Gasteiger partial charge on any atom is 0.303 e. The van der Waals surface area contributed by atoms with E-state index >= 15 is 0 Å². The predicted octanol–water partition coefficient (Wildman–Crippen LogP) is 5.24. The number of aromatic hydroxyl groups is 1. The molecule has 0 spiro atoms. The molecular formula is C23H31NO4S. The molecule has 0 saturated heterocycles. The first-order valence-corrected chi connectivity index (χ1v) is 10.6. The van der Waals surface area contributed by atoms with E-state index in [-0.39, 0.29) is 23.2 Å². The van der Waals surface area contributed by atoms with Gasteiger partial charge in [-0.15, -0.1) is 0 Å². The molecule has 6 heteroatoms. The normalized spacial score (nSPS) is 16.6. The molecule has 0 unspecified atom stereocenters. The van der Waals surface area contributed by atoms with E-state index in [4.69, 9.17) is 5.11 Å². The molecule has 1 aliphatic heterocycles. The highest BCUT2D eigenvalue weighted by molar-refractivity contribution is 8.06. The summed E-state index contributed by atoms with van der Waals surface area (Å²) in [5.74, 6) is -0.687. The van der Waals surface area contributed by atoms with Gasteiger partial charge in [0, 0.05) is 30.3 Å². The lowest BCUT2D eigenvalue weighted by molar-refractivity contribution is -0.137. The number of phenols is 1. The van der Waals surface area contributed by atoms with Crippen LogP contribution in [0.4, 0.5) is 0 Å². The van der Waals surface area contributed by atoms with Crippen LogP contribution in [0, 0.1) is 0 Å². The van der Waals surface area contributed by atoms with Crippen molar-refractivity contribution in [3.05, 3.63) is 45.3 Å². The average molecular weight is 418 g/mol. The van der Waals surface area contributed by atoms with Crippen LogP contribution >= 0.6 is 11.8 Å². The van der Waals surface area contributed by atoms with E-state index in [2.05, 4.69) is 41.5 Å². The summed E-state index contributed by atoms with van der Waals surface area (Å²) in [6, 6.07) is 3.89. The highest BCUT2D eigenvalue weighted by Gasteiger charge is 2.27. The Balaban J connectivity index is 2.41. The summed E-state index contributed by atoms with van der Waals surface area (Å²) in [4.78, 5) is 25.7. The Labute approximate surface area is 177 Å². The summed E-state index contributed by atoms with van der Waals surface area (Å²) < 4.78 is 0. The molecule has 5 nitrogen and oxygen atoms in total. The second kappa shape index (κ2) is 8.66. The van der Waals surface area contributed by atoms with Gasteiger partial charge in [-0.3, -0.25) is 9.59 Å². The zero-order chi connectivity index (χ0) is 22.0. The number of carboxylic acids is 1. The largest absolute Gasteiger partial charge is 0.507 e. The van der Waals surface area contributed by atoms with E-state index in [1.807, 2.05) is 23.6 Å². The standard InChI is InChI=1S/C23H31NO4S/c1-22(2,3)16-12-15(13-17(20(16)27)23(4,5)6)14-18-21(28)24(10-11-29-18)9-7-8-19(25)26/h10-14,27H,7-9H2,1-6H3,(H,25,26)/b18-14-. The van der Waals surface area contributed by atoms with Crippen LogP contribution in [0.3, 0.4) is 0 Å². The van der Waals surface area contributed by atoms with E-state index in [1.165, 1.54) is 11.8 Å². The third-order valence-corrected chi connectivity index (χ3v) is 5.55. The third-order valence-electron chi connectivity index (χ3n) is 4.74. The van der Waals surface area contributed by atoms with Gasteiger partial charge in [-0.1, -0.05) is 53.3 Å². The molecule has 1 aromatic carbocycles. The molecule has 0 aromatic heterocycles. The number of nitrogens with zero attached hydrogens (tertiary/aromatic N) is 1. The quantitative estimate of drug-likeness (QED) is 0.641. The Hall–Kier alpha value is -2.21. The highest BCUT2D eigenvalue weighted by Crippen LogP contribution is 2.40. The van der Waals surface area contributed by atoms with Crippen LogP contribution in [0.2, 0.25) is 0 Å². The summed E-state index contributed by atoms with van der Waals surface area (Å²) in [5, 5.41) is 21.5. The first-order chi connectivity index (χ1) is 13.3. The number of thioether (sulfide) groups is 1. The van der Waals surface area contributed by atoms with Crippen LogP contribution in [-0.4, -0.2) is 33.5 Å². The minimum Gasteiger partial charge on any atom is -0.507 e. The Bertz CT molecular complexity index is 822. The van der Waals surface area contributed by atoms with Gasteiger partial charge in [0.05, 0.1) is 4.91 Å². The number of carbonyl (C=O) groups is 2. The summed E-state index contributed by atoms with van der Waals surface area (Å²) in [6.45, 7) is 12.7. The highest BCUT2D eigenvalue weighted by atomic mass is 32.2. The molecule has 0 radical (unpaired) electrons. The molecule has 1 aliphatic rings. The Morgan fingerprint density at radius 3 is 2.14 bits per heavy atom. The summed E-state index contributed by atoms with van der Waals surface area (Å²) in [5.41, 5.74) is 2.07. The topological polar surface area (TPSA) is 77.8 Å². The number of hydrogen-bond acceptors (Lipinski definition) is 4. The SMILES string of the molecule is CC(C)(C)c1cc(/C=C2\SC=CN(CCCC(=O)O)C2=O)cc(C(C)(C)C)c1O. The number of aliphatic carboxylic acids is 1. The van der Waals surface area contributed by atoms with Crippen molar-refractivity contribution in [2.45, 2.75) is 65.2 Å². The first kappa shape index (κ1) is 23.1. The molecule has 1 amide bonds. The molecule has 1 heterocycles. The fourth-order valence-corrected chi connectivity index (χ4v) is 3.92. The Morgan fingerprint density at radius 2 is 1.66 bits per heavy atom. The molecule has 0 fully saturated rings. The van der Waals surface area contributed by atoms with Crippen LogP contribution in [0.15, 0.2) is 28.6 Å². The molecule has 0 atom stereocenters. The minimum absolute atomic E-state index is 0.0334. The molecular weight excluding hydrogens is 386 g/mol. The summed E-state index contributed by atoms with van der Waals surface area (Å²) in [6.07, 6.45) is 3.99. The maximum absolute atomic E-state index is 12.8. The van der Waals surface area contributed by atoms with Crippen LogP contribution in [-0.2, 0) is 20.4 Å². The molecule has 1 aromatic rings.